The van der Waals surface area contributed by atoms with Gasteiger partial charge in [0.2, 0.25) is 0 Å². The predicted octanol–water partition coefficient (Wildman–Crippen LogP) is 3.25. The largest absolute Gasteiger partial charge is 0.494 e. The number of aromatic nitrogens is 1. The maximum Gasteiger partial charge on any atom is 0.137 e. The van der Waals surface area contributed by atoms with Crippen molar-refractivity contribution in [2.75, 3.05) is 19.0 Å². The fraction of sp³-hybridized carbons (Fsp3) is 0.250. The average Bonchev–Trinajstić information content (AvgIpc) is 2.79. The number of rotatable bonds is 4. The highest BCUT2D eigenvalue weighted by molar-refractivity contribution is 7.13. The van der Waals surface area contributed by atoms with Gasteiger partial charge in [-0.05, 0) is 31.2 Å². The smallest absolute Gasteiger partial charge is 0.137 e. The van der Waals surface area contributed by atoms with E-state index < -0.39 is 0 Å². The van der Waals surface area contributed by atoms with Gasteiger partial charge in [-0.15, -0.1) is 11.3 Å². The van der Waals surface area contributed by atoms with Crippen LogP contribution < -0.4 is 10.1 Å². The maximum absolute atomic E-state index is 5.39. The molecule has 0 saturated heterocycles. The quantitative estimate of drug-likeness (QED) is 0.881. The summed E-state index contributed by atoms with van der Waals surface area (Å²) in [6.07, 6.45) is 0. The van der Waals surface area contributed by atoms with Gasteiger partial charge in [0.15, 0.2) is 0 Å². The van der Waals surface area contributed by atoms with E-state index >= 15 is 0 Å². The lowest BCUT2D eigenvalue weighted by molar-refractivity contribution is 0.340. The second-order valence-corrected chi connectivity index (χ2v) is 4.10. The Morgan fingerprint density at radius 2 is 2.06 bits per heavy atom. The van der Waals surface area contributed by atoms with Crippen molar-refractivity contribution >= 4 is 17.2 Å². The molecule has 2 aromatic rings. The third kappa shape index (κ3) is 2.33. The van der Waals surface area contributed by atoms with Gasteiger partial charge in [0.1, 0.15) is 16.6 Å². The molecule has 0 saturated carbocycles. The maximum atomic E-state index is 5.39. The van der Waals surface area contributed by atoms with E-state index in [0.717, 1.165) is 22.1 Å². The number of benzene rings is 1. The molecule has 1 heterocycles. The molecule has 0 radical (unpaired) electrons. The Hall–Kier alpha value is -1.55. The molecule has 1 N–H and O–H groups in total. The van der Waals surface area contributed by atoms with Crippen LogP contribution in [0.5, 0.6) is 5.75 Å². The highest BCUT2D eigenvalue weighted by Crippen LogP contribution is 2.27. The normalized spacial score (nSPS) is 10.1. The van der Waals surface area contributed by atoms with E-state index in [1.807, 2.05) is 43.6 Å². The summed E-state index contributed by atoms with van der Waals surface area (Å²) in [5.41, 5.74) is 1.12. The van der Waals surface area contributed by atoms with Crippen molar-refractivity contribution in [1.82, 2.24) is 4.98 Å². The van der Waals surface area contributed by atoms with Crippen LogP contribution >= 0.6 is 11.3 Å². The Morgan fingerprint density at radius 1 is 1.31 bits per heavy atom. The third-order valence-electron chi connectivity index (χ3n) is 2.17. The van der Waals surface area contributed by atoms with E-state index in [1.165, 1.54) is 0 Å². The van der Waals surface area contributed by atoms with Crippen LogP contribution in [-0.4, -0.2) is 18.6 Å². The summed E-state index contributed by atoms with van der Waals surface area (Å²) in [4.78, 5) is 4.44. The number of nitrogens with zero attached hydrogens (tertiary/aromatic N) is 1. The van der Waals surface area contributed by atoms with Crippen LogP contribution in [0.3, 0.4) is 0 Å². The van der Waals surface area contributed by atoms with Crippen LogP contribution in [0.1, 0.15) is 6.92 Å². The Balaban J connectivity index is 2.20. The molecule has 84 valence electrons. The number of nitrogens with one attached hydrogen (secondary N) is 1. The fourth-order valence-electron chi connectivity index (χ4n) is 1.38. The molecule has 4 heteroatoms. The second kappa shape index (κ2) is 4.99. The highest BCUT2D eigenvalue weighted by atomic mass is 32.1. The summed E-state index contributed by atoms with van der Waals surface area (Å²) in [5, 5.41) is 6.05. The van der Waals surface area contributed by atoms with E-state index in [2.05, 4.69) is 10.3 Å². The van der Waals surface area contributed by atoms with Gasteiger partial charge in [0, 0.05) is 18.0 Å². The van der Waals surface area contributed by atoms with Crippen LogP contribution in [0.25, 0.3) is 10.6 Å². The van der Waals surface area contributed by atoms with Crippen molar-refractivity contribution < 1.29 is 4.74 Å². The van der Waals surface area contributed by atoms with Gasteiger partial charge in [-0.1, -0.05) is 0 Å². The lowest BCUT2D eigenvalue weighted by Gasteiger charge is -2.02. The number of anilines is 1. The summed E-state index contributed by atoms with van der Waals surface area (Å²) < 4.78 is 5.39. The molecule has 0 aliphatic rings. The predicted molar refractivity (Wildman–Crippen MR) is 68.3 cm³/mol. The van der Waals surface area contributed by atoms with Gasteiger partial charge in [0.25, 0.3) is 0 Å². The van der Waals surface area contributed by atoms with Crippen molar-refractivity contribution in [2.45, 2.75) is 6.92 Å². The van der Waals surface area contributed by atoms with Crippen molar-refractivity contribution in [3.05, 3.63) is 29.6 Å². The standard InChI is InChI=1S/C12H14N2OS/c1-3-15-10-6-4-9(5-7-10)12-14-11(13-2)8-16-12/h4-8,13H,3H2,1-2H3. The lowest BCUT2D eigenvalue weighted by Crippen LogP contribution is -1.90. The molecule has 16 heavy (non-hydrogen) atoms. The molecule has 0 spiro atoms. The van der Waals surface area contributed by atoms with E-state index in [-0.39, 0.29) is 0 Å². The Labute approximate surface area is 99.1 Å². The van der Waals surface area contributed by atoms with Gasteiger partial charge < -0.3 is 10.1 Å². The van der Waals surface area contributed by atoms with E-state index in [0.29, 0.717) is 6.61 Å². The number of hydrogen-bond acceptors (Lipinski definition) is 4. The van der Waals surface area contributed by atoms with E-state index in [9.17, 15) is 0 Å². The van der Waals surface area contributed by atoms with Gasteiger partial charge >= 0.3 is 0 Å². The summed E-state index contributed by atoms with van der Waals surface area (Å²) in [5.74, 6) is 1.81. The van der Waals surface area contributed by atoms with Crippen LogP contribution in [0.4, 0.5) is 5.82 Å². The molecule has 0 aliphatic heterocycles. The molecule has 0 fully saturated rings. The second-order valence-electron chi connectivity index (χ2n) is 3.25. The number of ether oxygens (including phenoxy) is 1. The molecule has 1 aromatic heterocycles. The first kappa shape index (κ1) is 11.0. The fourth-order valence-corrected chi connectivity index (χ4v) is 2.20. The molecule has 3 nitrogen and oxygen atoms in total. The molecule has 0 bridgehead atoms. The van der Waals surface area contributed by atoms with Gasteiger partial charge in [-0.3, -0.25) is 0 Å². The highest BCUT2D eigenvalue weighted by Gasteiger charge is 2.03. The molecule has 0 atom stereocenters. The van der Waals surface area contributed by atoms with Crippen LogP contribution in [0.15, 0.2) is 29.6 Å². The summed E-state index contributed by atoms with van der Waals surface area (Å²) in [6, 6.07) is 8.01. The third-order valence-corrected chi connectivity index (χ3v) is 3.06. The Morgan fingerprint density at radius 3 is 2.62 bits per heavy atom. The van der Waals surface area contributed by atoms with Crippen LogP contribution in [-0.2, 0) is 0 Å². The van der Waals surface area contributed by atoms with E-state index in [1.54, 1.807) is 11.3 Å². The summed E-state index contributed by atoms with van der Waals surface area (Å²) >= 11 is 1.63. The summed E-state index contributed by atoms with van der Waals surface area (Å²) in [7, 11) is 1.87. The average molecular weight is 234 g/mol. The number of hydrogen-bond donors (Lipinski definition) is 1. The molecule has 1 aromatic carbocycles. The molecule has 0 aliphatic carbocycles. The minimum atomic E-state index is 0.695. The zero-order valence-corrected chi connectivity index (χ0v) is 10.2. The van der Waals surface area contributed by atoms with Crippen LogP contribution in [0.2, 0.25) is 0 Å². The van der Waals surface area contributed by atoms with Crippen molar-refractivity contribution in [1.29, 1.82) is 0 Å². The molecular weight excluding hydrogens is 220 g/mol. The van der Waals surface area contributed by atoms with Crippen molar-refractivity contribution in [3.8, 4) is 16.3 Å². The Bertz CT molecular complexity index is 450. The number of thiazole rings is 1. The first-order valence-electron chi connectivity index (χ1n) is 5.20. The van der Waals surface area contributed by atoms with Gasteiger partial charge in [-0.2, -0.15) is 0 Å². The molecule has 0 unspecified atom stereocenters. The lowest BCUT2D eigenvalue weighted by atomic mass is 10.2. The van der Waals surface area contributed by atoms with Gasteiger partial charge in [-0.25, -0.2) is 4.98 Å². The zero-order chi connectivity index (χ0) is 11.4. The molecule has 2 rings (SSSR count). The SMILES string of the molecule is CCOc1ccc(-c2nc(NC)cs2)cc1. The monoisotopic (exact) mass is 234 g/mol. The summed E-state index contributed by atoms with van der Waals surface area (Å²) in [6.45, 7) is 2.68. The van der Waals surface area contributed by atoms with Crippen molar-refractivity contribution in [3.63, 3.8) is 0 Å². The minimum Gasteiger partial charge on any atom is -0.494 e. The first-order chi connectivity index (χ1) is 7.83. The zero-order valence-electron chi connectivity index (χ0n) is 9.36. The minimum absolute atomic E-state index is 0.695. The molecular formula is C12H14N2OS. The Kier molecular flexibility index (Phi) is 3.41. The van der Waals surface area contributed by atoms with E-state index in [4.69, 9.17) is 4.74 Å². The van der Waals surface area contributed by atoms with Gasteiger partial charge in [0.05, 0.1) is 6.61 Å². The topological polar surface area (TPSA) is 34.1 Å². The molecule has 0 amide bonds. The van der Waals surface area contributed by atoms with Crippen LogP contribution in [0, 0.1) is 0 Å². The van der Waals surface area contributed by atoms with Crippen molar-refractivity contribution in [2.24, 2.45) is 0 Å². The first-order valence-corrected chi connectivity index (χ1v) is 6.08.